The molecule has 0 unspecified atom stereocenters. The quantitative estimate of drug-likeness (QED) is 0.459. The van der Waals surface area contributed by atoms with Crippen LogP contribution in [0.25, 0.3) is 11.2 Å². The van der Waals surface area contributed by atoms with Gasteiger partial charge < -0.3 is 15.0 Å². The van der Waals surface area contributed by atoms with Crippen molar-refractivity contribution < 1.29 is 13.2 Å². The van der Waals surface area contributed by atoms with Gasteiger partial charge in [-0.05, 0) is 42.0 Å². The summed E-state index contributed by atoms with van der Waals surface area (Å²) in [7, 11) is -2.61. The van der Waals surface area contributed by atoms with E-state index in [4.69, 9.17) is 22.1 Å². The van der Waals surface area contributed by atoms with Crippen LogP contribution in [0.15, 0.2) is 58.3 Å². The summed E-state index contributed by atoms with van der Waals surface area (Å²) < 4.78 is 33.6. The zero-order valence-electron chi connectivity index (χ0n) is 17.2. The molecule has 0 aliphatic heterocycles. The zero-order valence-corrected chi connectivity index (χ0v) is 18.7. The third-order valence-electron chi connectivity index (χ3n) is 4.98. The van der Waals surface area contributed by atoms with E-state index in [1.54, 1.807) is 37.4 Å². The fraction of sp³-hybridized carbons (Fsp3) is 0.0909. The molecule has 33 heavy (non-hydrogen) atoms. The first-order valence-electron chi connectivity index (χ1n) is 9.43. The molecule has 0 fully saturated rings. The maximum Gasteiger partial charge on any atom is 0.212 e. The lowest BCUT2D eigenvalue weighted by Crippen LogP contribution is -2.09. The van der Waals surface area contributed by atoms with E-state index < -0.39 is 9.84 Å². The maximum atomic E-state index is 13.5. The van der Waals surface area contributed by atoms with Crippen LogP contribution < -0.4 is 10.5 Å². The van der Waals surface area contributed by atoms with Gasteiger partial charge in [-0.15, -0.1) is 0 Å². The Hall–Kier alpha value is -4.12. The van der Waals surface area contributed by atoms with Crippen molar-refractivity contribution in [2.24, 2.45) is 0 Å². The molecule has 9 nitrogen and oxygen atoms in total. The number of nitrogen functional groups attached to an aromatic ring is 1. The molecule has 0 amide bonds. The van der Waals surface area contributed by atoms with E-state index in [0.717, 1.165) is 5.56 Å². The standard InChI is InChI=1S/C22H15ClN6O3S/c1-32-15-6-2-13(3-7-15)12-29-21(26)20(33(30,31)16-8-4-14(23)5-9-16)19-22(29)28-18(11-25)17(10-24)27-19/h2-9H,12,26H2,1H3. The first kappa shape index (κ1) is 22.1. The lowest BCUT2D eigenvalue weighted by Gasteiger charge is -2.09. The summed E-state index contributed by atoms with van der Waals surface area (Å²) in [5, 5.41) is 19.2. The van der Waals surface area contributed by atoms with Crippen LogP contribution >= 0.6 is 11.6 Å². The highest BCUT2D eigenvalue weighted by Crippen LogP contribution is 2.35. The molecule has 2 aromatic carbocycles. The molecule has 0 saturated heterocycles. The molecule has 0 atom stereocenters. The van der Waals surface area contributed by atoms with Gasteiger partial charge in [-0.25, -0.2) is 18.4 Å². The number of sulfone groups is 1. The molecule has 2 N–H and O–H groups in total. The van der Waals surface area contributed by atoms with Crippen molar-refractivity contribution >= 4 is 38.4 Å². The molecule has 4 rings (SSSR count). The molecule has 0 spiro atoms. The van der Waals surface area contributed by atoms with Gasteiger partial charge in [0.2, 0.25) is 9.84 Å². The highest BCUT2D eigenvalue weighted by Gasteiger charge is 2.31. The minimum Gasteiger partial charge on any atom is -0.497 e. The summed E-state index contributed by atoms with van der Waals surface area (Å²) in [5.74, 6) is 0.537. The Morgan fingerprint density at radius 2 is 1.64 bits per heavy atom. The number of hydrogen-bond acceptors (Lipinski definition) is 8. The van der Waals surface area contributed by atoms with Crippen molar-refractivity contribution in [3.05, 3.63) is 70.5 Å². The Morgan fingerprint density at radius 1 is 1.03 bits per heavy atom. The van der Waals surface area contributed by atoms with Gasteiger partial charge in [-0.3, -0.25) is 0 Å². The molecule has 0 saturated carbocycles. The number of aromatic nitrogens is 3. The van der Waals surface area contributed by atoms with Crippen LogP contribution in [0.2, 0.25) is 5.02 Å². The van der Waals surface area contributed by atoms with Gasteiger partial charge in [0, 0.05) is 5.02 Å². The van der Waals surface area contributed by atoms with Crippen LogP contribution in [0, 0.1) is 22.7 Å². The van der Waals surface area contributed by atoms with Crippen LogP contribution in [0.3, 0.4) is 0 Å². The number of benzene rings is 2. The number of rotatable bonds is 5. The number of hydrogen-bond donors (Lipinski definition) is 1. The molecular formula is C22H15ClN6O3S. The van der Waals surface area contributed by atoms with E-state index in [1.165, 1.54) is 28.8 Å². The number of nitriles is 2. The average molecular weight is 479 g/mol. The highest BCUT2D eigenvalue weighted by molar-refractivity contribution is 7.92. The number of nitrogens with zero attached hydrogens (tertiary/aromatic N) is 5. The summed E-state index contributed by atoms with van der Waals surface area (Å²) in [6, 6.07) is 16.3. The van der Waals surface area contributed by atoms with Crippen molar-refractivity contribution in [1.29, 1.82) is 10.5 Å². The van der Waals surface area contributed by atoms with Crippen molar-refractivity contribution in [2.45, 2.75) is 16.3 Å². The van der Waals surface area contributed by atoms with Crippen molar-refractivity contribution in [1.82, 2.24) is 14.5 Å². The first-order chi connectivity index (χ1) is 15.8. The minimum atomic E-state index is -4.16. The molecule has 0 aliphatic rings. The van der Waals surface area contributed by atoms with Gasteiger partial charge in [0.05, 0.1) is 18.6 Å². The summed E-state index contributed by atoms with van der Waals surface area (Å²) in [6.07, 6.45) is 0. The molecule has 4 aromatic rings. The van der Waals surface area contributed by atoms with E-state index in [-0.39, 0.29) is 44.7 Å². The first-order valence-corrected chi connectivity index (χ1v) is 11.3. The van der Waals surface area contributed by atoms with E-state index in [2.05, 4.69) is 9.97 Å². The predicted molar refractivity (Wildman–Crippen MR) is 120 cm³/mol. The predicted octanol–water partition coefficient (Wildman–Crippen LogP) is 3.30. The summed E-state index contributed by atoms with van der Waals surface area (Å²) in [5.41, 5.74) is 6.58. The van der Waals surface area contributed by atoms with Crippen LogP contribution in [0.4, 0.5) is 5.82 Å². The lowest BCUT2D eigenvalue weighted by molar-refractivity contribution is 0.414. The summed E-state index contributed by atoms with van der Waals surface area (Å²) >= 11 is 5.90. The summed E-state index contributed by atoms with van der Waals surface area (Å²) in [6.45, 7) is 0.147. The van der Waals surface area contributed by atoms with Gasteiger partial charge in [0.25, 0.3) is 0 Å². The molecule has 2 heterocycles. The van der Waals surface area contributed by atoms with Gasteiger partial charge in [-0.1, -0.05) is 23.7 Å². The van der Waals surface area contributed by atoms with E-state index in [1.807, 2.05) is 6.07 Å². The largest absolute Gasteiger partial charge is 0.497 e. The van der Waals surface area contributed by atoms with Crippen LogP contribution in [0.1, 0.15) is 17.0 Å². The maximum absolute atomic E-state index is 13.5. The SMILES string of the molecule is COc1ccc(Cn2c(N)c(S(=O)(=O)c3ccc(Cl)cc3)c3nc(C#N)c(C#N)nc32)cc1. The Labute approximate surface area is 194 Å². The van der Waals surface area contributed by atoms with Gasteiger partial charge in [-0.2, -0.15) is 10.5 Å². The van der Waals surface area contributed by atoms with Gasteiger partial charge in [0.1, 0.15) is 34.1 Å². The van der Waals surface area contributed by atoms with E-state index >= 15 is 0 Å². The smallest absolute Gasteiger partial charge is 0.212 e. The lowest BCUT2D eigenvalue weighted by atomic mass is 10.2. The second kappa shape index (κ2) is 8.43. The minimum absolute atomic E-state index is 0.0493. The molecule has 164 valence electrons. The Balaban J connectivity index is 2.00. The monoisotopic (exact) mass is 478 g/mol. The average Bonchev–Trinajstić information content (AvgIpc) is 3.09. The Bertz CT molecular complexity index is 1560. The number of nitrogens with two attached hydrogens (primary N) is 1. The number of methoxy groups -OCH3 is 1. The van der Waals surface area contributed by atoms with Crippen molar-refractivity contribution in [3.8, 4) is 17.9 Å². The molecule has 11 heteroatoms. The highest BCUT2D eigenvalue weighted by atomic mass is 35.5. The number of ether oxygens (including phenoxy) is 1. The Kier molecular flexibility index (Phi) is 5.64. The van der Waals surface area contributed by atoms with Crippen molar-refractivity contribution in [2.75, 3.05) is 12.8 Å². The van der Waals surface area contributed by atoms with Gasteiger partial charge >= 0.3 is 0 Å². The molecule has 0 aliphatic carbocycles. The third kappa shape index (κ3) is 3.82. The van der Waals surface area contributed by atoms with Crippen molar-refractivity contribution in [3.63, 3.8) is 0 Å². The second-order valence-corrected chi connectivity index (χ2v) is 9.25. The number of halogens is 1. The molecule has 0 bridgehead atoms. The number of fused-ring (bicyclic) bond motifs is 1. The third-order valence-corrected chi connectivity index (χ3v) is 7.06. The molecule has 0 radical (unpaired) electrons. The normalized spacial score (nSPS) is 11.2. The topological polar surface area (TPSA) is 148 Å². The fourth-order valence-corrected chi connectivity index (χ4v) is 4.98. The Morgan fingerprint density at radius 3 is 2.21 bits per heavy atom. The number of anilines is 1. The van der Waals surface area contributed by atoms with Crippen LogP contribution in [-0.4, -0.2) is 30.1 Å². The van der Waals surface area contributed by atoms with E-state index in [0.29, 0.717) is 10.8 Å². The summed E-state index contributed by atoms with van der Waals surface area (Å²) in [4.78, 5) is 8.04. The van der Waals surface area contributed by atoms with Gasteiger partial charge in [0.15, 0.2) is 17.0 Å². The fourth-order valence-electron chi connectivity index (χ4n) is 3.35. The second-order valence-electron chi connectivity index (χ2n) is 6.92. The van der Waals surface area contributed by atoms with Crippen LogP contribution in [-0.2, 0) is 16.4 Å². The van der Waals surface area contributed by atoms with E-state index in [9.17, 15) is 18.9 Å². The zero-order chi connectivity index (χ0) is 23.8. The molecular weight excluding hydrogens is 464 g/mol. The molecule has 2 aromatic heterocycles. The van der Waals surface area contributed by atoms with Crippen LogP contribution in [0.5, 0.6) is 5.75 Å².